The molecule has 0 amide bonds. The minimum Gasteiger partial charge on any atom is -0.396 e. The molecule has 0 aliphatic carbocycles. The van der Waals surface area contributed by atoms with E-state index in [0.29, 0.717) is 19.8 Å². The van der Waals surface area contributed by atoms with E-state index >= 15 is 0 Å². The second kappa shape index (κ2) is 7.27. The molecule has 0 aromatic rings. The van der Waals surface area contributed by atoms with Crippen molar-refractivity contribution in [3.05, 3.63) is 0 Å². The van der Waals surface area contributed by atoms with Gasteiger partial charge in [0.05, 0.1) is 19.0 Å². The van der Waals surface area contributed by atoms with E-state index in [1.807, 2.05) is 6.92 Å². The third-order valence-corrected chi connectivity index (χ3v) is 4.18. The van der Waals surface area contributed by atoms with Crippen LogP contribution in [0.2, 0.25) is 0 Å². The van der Waals surface area contributed by atoms with Gasteiger partial charge >= 0.3 is 0 Å². The Morgan fingerprint density at radius 1 is 1.41 bits per heavy atom. The number of morpholine rings is 1. The zero-order valence-corrected chi connectivity index (χ0v) is 11.1. The maximum Gasteiger partial charge on any atom is 0.211 e. The minimum atomic E-state index is -3.26. The molecule has 0 spiro atoms. The maximum absolute atomic E-state index is 11.6. The first-order chi connectivity index (χ1) is 8.03. The molecule has 1 unspecified atom stereocenters. The van der Waals surface area contributed by atoms with Gasteiger partial charge in [-0.05, 0) is 13.3 Å². The van der Waals surface area contributed by atoms with Crippen LogP contribution in [0.3, 0.4) is 0 Å². The van der Waals surface area contributed by atoms with Crippen molar-refractivity contribution in [3.8, 4) is 0 Å². The Morgan fingerprint density at radius 3 is 2.65 bits per heavy atom. The normalized spacial score (nSPS) is 20.4. The highest BCUT2D eigenvalue weighted by atomic mass is 32.2. The van der Waals surface area contributed by atoms with Crippen LogP contribution in [-0.2, 0) is 14.8 Å². The van der Waals surface area contributed by atoms with Gasteiger partial charge in [0.15, 0.2) is 0 Å². The smallest absolute Gasteiger partial charge is 0.211 e. The average Bonchev–Trinajstić information content (AvgIpc) is 2.27. The Labute approximate surface area is 103 Å². The summed E-state index contributed by atoms with van der Waals surface area (Å²) in [5.74, 6) is -0.0169. The lowest BCUT2D eigenvalue weighted by atomic mass is 10.3. The molecule has 7 heteroatoms. The molecular formula is C10H22N2O4S. The summed E-state index contributed by atoms with van der Waals surface area (Å²) in [5.41, 5.74) is 0. The number of nitrogens with zero attached hydrogens (tertiary/aromatic N) is 1. The molecular weight excluding hydrogens is 244 g/mol. The summed E-state index contributed by atoms with van der Waals surface area (Å²) in [6, 6.07) is -0.114. The molecule has 0 radical (unpaired) electrons. The second-order valence-corrected chi connectivity index (χ2v) is 6.20. The highest BCUT2D eigenvalue weighted by molar-refractivity contribution is 7.89. The maximum atomic E-state index is 11.6. The van der Waals surface area contributed by atoms with Crippen LogP contribution in [0.15, 0.2) is 0 Å². The van der Waals surface area contributed by atoms with Crippen molar-refractivity contribution in [2.45, 2.75) is 19.4 Å². The summed E-state index contributed by atoms with van der Waals surface area (Å²) in [6.07, 6.45) is 0.277. The topological polar surface area (TPSA) is 78.9 Å². The first kappa shape index (κ1) is 14.8. The number of hydrogen-bond acceptors (Lipinski definition) is 5. The number of aliphatic hydroxyl groups excluding tert-OH is 1. The SMILES string of the molecule is CC(CN1CCOCC1)NS(=O)(=O)CCCO. The third-order valence-electron chi connectivity index (χ3n) is 2.59. The number of rotatable bonds is 7. The van der Waals surface area contributed by atoms with Crippen molar-refractivity contribution in [3.63, 3.8) is 0 Å². The molecule has 1 rings (SSSR count). The second-order valence-electron chi connectivity index (χ2n) is 4.33. The lowest BCUT2D eigenvalue weighted by Gasteiger charge is -2.29. The molecule has 1 fully saturated rings. The molecule has 1 aliphatic rings. The van der Waals surface area contributed by atoms with Gasteiger partial charge in [-0.2, -0.15) is 0 Å². The highest BCUT2D eigenvalue weighted by Crippen LogP contribution is 2.00. The summed E-state index contributed by atoms with van der Waals surface area (Å²) < 4.78 is 31.0. The Kier molecular flexibility index (Phi) is 6.35. The van der Waals surface area contributed by atoms with E-state index in [1.165, 1.54) is 0 Å². The van der Waals surface area contributed by atoms with Crippen LogP contribution in [0.4, 0.5) is 0 Å². The lowest BCUT2D eigenvalue weighted by molar-refractivity contribution is 0.0354. The molecule has 17 heavy (non-hydrogen) atoms. The van der Waals surface area contributed by atoms with Gasteiger partial charge in [0.1, 0.15) is 0 Å². The van der Waals surface area contributed by atoms with Crippen LogP contribution in [0.1, 0.15) is 13.3 Å². The molecule has 6 nitrogen and oxygen atoms in total. The number of sulfonamides is 1. The summed E-state index contributed by atoms with van der Waals surface area (Å²) in [6.45, 7) is 5.58. The predicted molar refractivity (Wildman–Crippen MR) is 65.3 cm³/mol. The first-order valence-corrected chi connectivity index (χ1v) is 7.59. The number of nitrogens with one attached hydrogen (secondary N) is 1. The Hall–Kier alpha value is -0.210. The molecule has 1 aliphatic heterocycles. The standard InChI is InChI=1S/C10H22N2O4S/c1-10(9-12-3-6-16-7-4-12)11-17(14,15)8-2-5-13/h10-11,13H,2-9H2,1H3. The fraction of sp³-hybridized carbons (Fsp3) is 1.00. The molecule has 1 saturated heterocycles. The van der Waals surface area contributed by atoms with Gasteiger partial charge in [-0.1, -0.05) is 0 Å². The quantitative estimate of drug-likeness (QED) is 0.618. The van der Waals surface area contributed by atoms with Crippen molar-refractivity contribution in [1.82, 2.24) is 9.62 Å². The van der Waals surface area contributed by atoms with Gasteiger partial charge in [0, 0.05) is 32.3 Å². The van der Waals surface area contributed by atoms with Gasteiger partial charge < -0.3 is 9.84 Å². The van der Waals surface area contributed by atoms with Gasteiger partial charge in [0.25, 0.3) is 0 Å². The van der Waals surface area contributed by atoms with E-state index in [1.54, 1.807) is 0 Å². The van der Waals surface area contributed by atoms with E-state index in [9.17, 15) is 8.42 Å². The molecule has 0 saturated carbocycles. The van der Waals surface area contributed by atoms with Crippen molar-refractivity contribution in [2.75, 3.05) is 45.2 Å². The van der Waals surface area contributed by atoms with E-state index in [-0.39, 0.29) is 24.8 Å². The summed E-state index contributed by atoms with van der Waals surface area (Å²) >= 11 is 0. The Balaban J connectivity index is 2.29. The molecule has 0 aromatic heterocycles. The fourth-order valence-electron chi connectivity index (χ4n) is 1.83. The van der Waals surface area contributed by atoms with Crippen LogP contribution in [0, 0.1) is 0 Å². The minimum absolute atomic E-state index is 0.0169. The van der Waals surface area contributed by atoms with Gasteiger partial charge in [0.2, 0.25) is 10.0 Å². The summed E-state index contributed by atoms with van der Waals surface area (Å²) in [5, 5.41) is 8.61. The third kappa shape index (κ3) is 6.32. The van der Waals surface area contributed by atoms with E-state index in [0.717, 1.165) is 13.1 Å². The number of hydrogen-bond donors (Lipinski definition) is 2. The van der Waals surface area contributed by atoms with Crippen molar-refractivity contribution < 1.29 is 18.3 Å². The predicted octanol–water partition coefficient (Wildman–Crippen LogP) is -0.991. The van der Waals surface area contributed by atoms with Crippen molar-refractivity contribution in [1.29, 1.82) is 0 Å². The fourth-order valence-corrected chi connectivity index (χ4v) is 3.14. The van der Waals surface area contributed by atoms with Crippen molar-refractivity contribution in [2.24, 2.45) is 0 Å². The molecule has 1 atom stereocenters. The number of aliphatic hydroxyl groups is 1. The number of ether oxygens (including phenoxy) is 1. The van der Waals surface area contributed by atoms with Crippen LogP contribution >= 0.6 is 0 Å². The van der Waals surface area contributed by atoms with Crippen molar-refractivity contribution >= 4 is 10.0 Å². The zero-order chi connectivity index (χ0) is 12.7. The van der Waals surface area contributed by atoms with Crippen LogP contribution < -0.4 is 4.72 Å². The van der Waals surface area contributed by atoms with Crippen LogP contribution in [0.25, 0.3) is 0 Å². The van der Waals surface area contributed by atoms with E-state index in [2.05, 4.69) is 9.62 Å². The molecule has 1 heterocycles. The Morgan fingerprint density at radius 2 is 2.06 bits per heavy atom. The van der Waals surface area contributed by atoms with Crippen LogP contribution in [0.5, 0.6) is 0 Å². The largest absolute Gasteiger partial charge is 0.396 e. The highest BCUT2D eigenvalue weighted by Gasteiger charge is 2.18. The molecule has 0 aromatic carbocycles. The van der Waals surface area contributed by atoms with Crippen LogP contribution in [-0.4, -0.2) is 69.7 Å². The van der Waals surface area contributed by atoms with E-state index in [4.69, 9.17) is 9.84 Å². The van der Waals surface area contributed by atoms with Gasteiger partial charge in [-0.25, -0.2) is 13.1 Å². The molecule has 0 bridgehead atoms. The molecule has 102 valence electrons. The monoisotopic (exact) mass is 266 g/mol. The molecule has 2 N–H and O–H groups in total. The first-order valence-electron chi connectivity index (χ1n) is 5.94. The van der Waals surface area contributed by atoms with E-state index < -0.39 is 10.0 Å². The zero-order valence-electron chi connectivity index (χ0n) is 10.3. The summed E-state index contributed by atoms with van der Waals surface area (Å²) in [4.78, 5) is 2.18. The summed E-state index contributed by atoms with van der Waals surface area (Å²) in [7, 11) is -3.26. The lowest BCUT2D eigenvalue weighted by Crippen LogP contribution is -2.46. The van der Waals surface area contributed by atoms with Gasteiger partial charge in [-0.15, -0.1) is 0 Å². The average molecular weight is 266 g/mol. The Bertz CT molecular complexity index is 301. The van der Waals surface area contributed by atoms with Gasteiger partial charge in [-0.3, -0.25) is 4.90 Å².